The molecule has 0 aliphatic heterocycles. The van der Waals surface area contributed by atoms with Crippen molar-refractivity contribution < 1.29 is 32.1 Å². The molecule has 1 fully saturated rings. The first-order chi connectivity index (χ1) is 19.3. The summed E-state index contributed by atoms with van der Waals surface area (Å²) in [5.74, 6) is -4.18. The van der Waals surface area contributed by atoms with Gasteiger partial charge in [-0.2, -0.15) is 8.78 Å². The maximum absolute atomic E-state index is 14.9. The van der Waals surface area contributed by atoms with E-state index in [2.05, 4.69) is 6.58 Å². The van der Waals surface area contributed by atoms with Gasteiger partial charge < -0.3 is 14.6 Å². The molecule has 0 radical (unpaired) electrons. The lowest BCUT2D eigenvalue weighted by Gasteiger charge is -2.29. The highest BCUT2D eigenvalue weighted by Crippen LogP contribution is 2.39. The average molecular weight is 557 g/mol. The van der Waals surface area contributed by atoms with Crippen molar-refractivity contribution in [2.75, 3.05) is 13.2 Å². The predicted octanol–water partition coefficient (Wildman–Crippen LogP) is 9.05. The van der Waals surface area contributed by atoms with E-state index in [1.165, 1.54) is 18.2 Å². The minimum atomic E-state index is -1.05. The van der Waals surface area contributed by atoms with Gasteiger partial charge in [-0.1, -0.05) is 49.8 Å². The Bertz CT molecular complexity index is 1280. The molecule has 1 saturated carbocycles. The molecule has 1 aliphatic rings. The molecule has 0 amide bonds. The van der Waals surface area contributed by atoms with Crippen molar-refractivity contribution in [3.05, 3.63) is 95.6 Å². The summed E-state index contributed by atoms with van der Waals surface area (Å²) in [4.78, 5) is 0. The summed E-state index contributed by atoms with van der Waals surface area (Å²) in [6, 6.07) is 12.8. The van der Waals surface area contributed by atoms with Gasteiger partial charge in [-0.3, -0.25) is 0 Å². The van der Waals surface area contributed by atoms with Crippen LogP contribution in [0, 0.1) is 29.2 Å². The minimum absolute atomic E-state index is 0.0925. The van der Waals surface area contributed by atoms with Crippen molar-refractivity contribution in [1.82, 2.24) is 0 Å². The normalized spacial score (nSPS) is 17.9. The van der Waals surface area contributed by atoms with Gasteiger partial charge in [0.05, 0.1) is 19.3 Å². The first-order valence-corrected chi connectivity index (χ1v) is 13.9. The molecule has 0 bridgehead atoms. The number of benzene rings is 3. The van der Waals surface area contributed by atoms with Gasteiger partial charge in [0.15, 0.2) is 23.1 Å². The second-order valence-electron chi connectivity index (χ2n) is 10.4. The number of ether oxygens (including phenoxy) is 2. The number of hydrogen-bond acceptors (Lipinski definition) is 3. The van der Waals surface area contributed by atoms with Crippen LogP contribution in [0.1, 0.15) is 75.0 Å². The van der Waals surface area contributed by atoms with Crippen molar-refractivity contribution >= 4 is 0 Å². The zero-order chi connectivity index (χ0) is 28.6. The molecule has 0 saturated heterocycles. The van der Waals surface area contributed by atoms with E-state index in [4.69, 9.17) is 9.47 Å². The van der Waals surface area contributed by atoms with Crippen molar-refractivity contribution in [3.8, 4) is 22.6 Å². The lowest BCUT2D eigenvalue weighted by Crippen LogP contribution is -2.20. The molecule has 7 heteroatoms. The molecule has 0 heterocycles. The largest absolute Gasteiger partial charge is 0.490 e. The first-order valence-electron chi connectivity index (χ1n) is 13.9. The van der Waals surface area contributed by atoms with Crippen LogP contribution in [0.5, 0.6) is 11.5 Å². The third kappa shape index (κ3) is 6.87. The molecule has 3 aromatic rings. The van der Waals surface area contributed by atoms with Gasteiger partial charge in [-0.05, 0) is 85.3 Å². The smallest absolute Gasteiger partial charge is 0.201 e. The van der Waals surface area contributed by atoms with Gasteiger partial charge in [0.2, 0.25) is 11.6 Å². The van der Waals surface area contributed by atoms with E-state index in [1.54, 1.807) is 36.4 Å². The molecule has 1 atom stereocenters. The van der Waals surface area contributed by atoms with Crippen LogP contribution in [0.3, 0.4) is 0 Å². The van der Waals surface area contributed by atoms with E-state index in [0.717, 1.165) is 12.0 Å². The van der Waals surface area contributed by atoms with Crippen molar-refractivity contribution in [2.45, 2.75) is 63.9 Å². The second kappa shape index (κ2) is 13.8. The molecule has 3 aromatic carbocycles. The van der Waals surface area contributed by atoms with Crippen LogP contribution in [0.25, 0.3) is 11.1 Å². The second-order valence-corrected chi connectivity index (χ2v) is 10.4. The highest BCUT2D eigenvalue weighted by atomic mass is 19.2. The van der Waals surface area contributed by atoms with Gasteiger partial charge in [-0.15, -0.1) is 6.58 Å². The average Bonchev–Trinajstić information content (AvgIpc) is 2.97. The van der Waals surface area contributed by atoms with Crippen molar-refractivity contribution in [1.29, 1.82) is 0 Å². The standard InChI is InChI=1S/C33H36F4O3/c1-3-5-19-39-28-17-15-25(30(34)32(28)36)22-9-7-21(8-10-22)20-40-29-18-16-26(31(35)33(29)37)23-11-13-24(14-12-23)27(38)6-4-2/h3,11-18,21-22,27,38H,1,4-10,19-20H2,2H3. The Labute approximate surface area is 233 Å². The summed E-state index contributed by atoms with van der Waals surface area (Å²) in [5.41, 5.74) is 1.70. The maximum Gasteiger partial charge on any atom is 0.201 e. The van der Waals surface area contributed by atoms with Gasteiger partial charge in [0, 0.05) is 5.56 Å². The molecule has 1 N–H and O–H groups in total. The summed E-state index contributed by atoms with van der Waals surface area (Å²) in [6.45, 7) is 6.00. The van der Waals surface area contributed by atoms with E-state index < -0.39 is 29.4 Å². The number of hydrogen-bond donors (Lipinski definition) is 1. The fourth-order valence-corrected chi connectivity index (χ4v) is 5.26. The summed E-state index contributed by atoms with van der Waals surface area (Å²) in [6.07, 6.45) is 5.73. The molecule has 3 nitrogen and oxygen atoms in total. The molecule has 4 rings (SSSR count). The third-order valence-corrected chi connectivity index (χ3v) is 7.63. The molecule has 214 valence electrons. The summed E-state index contributed by atoms with van der Waals surface area (Å²) in [5, 5.41) is 10.1. The SMILES string of the molecule is C=CCCOc1ccc(C2CCC(COc3ccc(-c4ccc(C(O)CCC)cc4)c(F)c3F)CC2)c(F)c1F. The van der Waals surface area contributed by atoms with Gasteiger partial charge in [0.25, 0.3) is 0 Å². The van der Waals surface area contributed by atoms with Gasteiger partial charge >= 0.3 is 0 Å². The Balaban J connectivity index is 1.33. The van der Waals surface area contributed by atoms with Gasteiger partial charge in [0.1, 0.15) is 0 Å². The van der Waals surface area contributed by atoms with Crippen LogP contribution < -0.4 is 9.47 Å². The zero-order valence-corrected chi connectivity index (χ0v) is 22.8. The molecule has 1 aliphatic carbocycles. The fourth-order valence-electron chi connectivity index (χ4n) is 5.26. The maximum atomic E-state index is 14.9. The molecule has 0 spiro atoms. The van der Waals surface area contributed by atoms with Crippen LogP contribution >= 0.6 is 0 Å². The highest BCUT2D eigenvalue weighted by Gasteiger charge is 2.27. The van der Waals surface area contributed by atoms with Crippen LogP contribution in [0.2, 0.25) is 0 Å². The number of aliphatic hydroxyl groups excluding tert-OH is 1. The van der Waals surface area contributed by atoms with E-state index in [-0.39, 0.29) is 42.1 Å². The Morgan fingerprint density at radius 3 is 2.17 bits per heavy atom. The molecular weight excluding hydrogens is 520 g/mol. The Morgan fingerprint density at radius 2 is 1.50 bits per heavy atom. The number of halogens is 4. The van der Waals surface area contributed by atoms with Crippen molar-refractivity contribution in [3.63, 3.8) is 0 Å². The van der Waals surface area contributed by atoms with E-state index in [9.17, 15) is 22.7 Å². The quantitative estimate of drug-likeness (QED) is 0.137. The van der Waals surface area contributed by atoms with E-state index in [1.807, 2.05) is 6.92 Å². The van der Waals surface area contributed by atoms with Gasteiger partial charge in [-0.25, -0.2) is 8.78 Å². The van der Waals surface area contributed by atoms with E-state index in [0.29, 0.717) is 49.7 Å². The van der Waals surface area contributed by atoms with E-state index >= 15 is 0 Å². The van der Waals surface area contributed by atoms with Crippen LogP contribution in [-0.4, -0.2) is 18.3 Å². The fraction of sp³-hybridized carbons (Fsp3) is 0.394. The summed E-state index contributed by atoms with van der Waals surface area (Å²) >= 11 is 0. The number of rotatable bonds is 12. The summed E-state index contributed by atoms with van der Waals surface area (Å²) in [7, 11) is 0. The molecular formula is C33H36F4O3. The summed E-state index contributed by atoms with van der Waals surface area (Å²) < 4.78 is 70.0. The lowest BCUT2D eigenvalue weighted by atomic mass is 9.79. The highest BCUT2D eigenvalue weighted by molar-refractivity contribution is 5.65. The Kier molecular flexibility index (Phi) is 10.3. The lowest BCUT2D eigenvalue weighted by molar-refractivity contribution is 0.166. The van der Waals surface area contributed by atoms with Crippen LogP contribution in [0.4, 0.5) is 17.6 Å². The molecule has 40 heavy (non-hydrogen) atoms. The molecule has 0 aromatic heterocycles. The predicted molar refractivity (Wildman–Crippen MR) is 149 cm³/mol. The topological polar surface area (TPSA) is 38.7 Å². The Hall–Kier alpha value is -3.32. The zero-order valence-electron chi connectivity index (χ0n) is 22.8. The number of aliphatic hydroxyl groups is 1. The minimum Gasteiger partial charge on any atom is -0.490 e. The van der Waals surface area contributed by atoms with Crippen LogP contribution in [0.15, 0.2) is 61.2 Å². The van der Waals surface area contributed by atoms with Crippen molar-refractivity contribution in [2.24, 2.45) is 5.92 Å². The third-order valence-electron chi connectivity index (χ3n) is 7.63. The monoisotopic (exact) mass is 556 g/mol. The Morgan fingerprint density at radius 1 is 0.850 bits per heavy atom. The first kappa shape index (κ1) is 29.7. The molecule has 1 unspecified atom stereocenters. The van der Waals surface area contributed by atoms with Crippen LogP contribution in [-0.2, 0) is 0 Å².